The van der Waals surface area contributed by atoms with Crippen LogP contribution >= 0.6 is 0 Å². The van der Waals surface area contributed by atoms with Crippen molar-refractivity contribution in [3.63, 3.8) is 0 Å². The number of para-hydroxylation sites is 1. The lowest BCUT2D eigenvalue weighted by Crippen LogP contribution is -2.20. The number of benzene rings is 2. The van der Waals surface area contributed by atoms with Crippen LogP contribution in [0.1, 0.15) is 43.2 Å². The quantitative estimate of drug-likeness (QED) is 0.509. The van der Waals surface area contributed by atoms with Crippen molar-refractivity contribution in [2.24, 2.45) is 5.92 Å². The molecule has 2 heterocycles. The second-order valence-electron chi connectivity index (χ2n) is 9.01. The molecule has 1 spiro atoms. The third-order valence-electron chi connectivity index (χ3n) is 6.91. The molecule has 2 aromatic carbocycles. The molecule has 1 atom stereocenters. The highest BCUT2D eigenvalue weighted by Crippen LogP contribution is 2.42. The van der Waals surface area contributed by atoms with Gasteiger partial charge in [-0.1, -0.05) is 49.3 Å². The highest BCUT2D eigenvalue weighted by Gasteiger charge is 2.45. The number of fused-ring (bicyclic) bond motifs is 3. The van der Waals surface area contributed by atoms with E-state index in [9.17, 15) is 4.79 Å². The maximum Gasteiger partial charge on any atom is 0.227 e. The van der Waals surface area contributed by atoms with Gasteiger partial charge in [-0.25, -0.2) is 4.98 Å². The van der Waals surface area contributed by atoms with Crippen molar-refractivity contribution in [1.82, 2.24) is 10.3 Å². The molecule has 1 saturated carbocycles. The number of amides is 1. The van der Waals surface area contributed by atoms with Crippen LogP contribution in [0.5, 0.6) is 0 Å². The van der Waals surface area contributed by atoms with Crippen molar-refractivity contribution in [3.05, 3.63) is 65.7 Å². The molecule has 0 bridgehead atoms. The number of hydrogen-bond donors (Lipinski definition) is 3. The van der Waals surface area contributed by atoms with Crippen molar-refractivity contribution in [3.8, 4) is 0 Å². The number of pyridine rings is 1. The van der Waals surface area contributed by atoms with Gasteiger partial charge < -0.3 is 16.0 Å². The van der Waals surface area contributed by atoms with E-state index in [0.29, 0.717) is 0 Å². The Morgan fingerprint density at radius 3 is 2.77 bits per heavy atom. The molecule has 1 saturated heterocycles. The molecule has 6 rings (SSSR count). The number of nitrogens with zero attached hydrogens (tertiary/aromatic N) is 1. The van der Waals surface area contributed by atoms with E-state index in [1.54, 1.807) is 0 Å². The molecular weight excluding hydrogens is 384 g/mol. The first-order valence-corrected chi connectivity index (χ1v) is 11.2. The monoisotopic (exact) mass is 410 g/mol. The van der Waals surface area contributed by atoms with Crippen LogP contribution in [0.25, 0.3) is 17.0 Å². The van der Waals surface area contributed by atoms with Gasteiger partial charge >= 0.3 is 0 Å². The zero-order valence-electron chi connectivity index (χ0n) is 17.4. The molecule has 5 heteroatoms. The summed E-state index contributed by atoms with van der Waals surface area (Å²) in [5.41, 5.74) is 5.44. The molecule has 5 nitrogen and oxygen atoms in total. The molecule has 1 aliphatic heterocycles. The average Bonchev–Trinajstić information content (AvgIpc) is 3.33. The summed E-state index contributed by atoms with van der Waals surface area (Å²) in [4.78, 5) is 17.6. The maximum absolute atomic E-state index is 12.8. The van der Waals surface area contributed by atoms with Crippen LogP contribution in [-0.2, 0) is 10.3 Å². The number of carbonyl (C=O) groups is 1. The lowest BCUT2D eigenvalue weighted by atomic mass is 9.86. The van der Waals surface area contributed by atoms with Crippen LogP contribution in [0.2, 0.25) is 0 Å². The number of hydrogen-bond acceptors (Lipinski definition) is 4. The molecule has 3 aliphatic rings. The second kappa shape index (κ2) is 7.20. The molecule has 156 valence electrons. The van der Waals surface area contributed by atoms with Gasteiger partial charge in [0.2, 0.25) is 5.91 Å². The first-order valence-electron chi connectivity index (χ1n) is 11.2. The molecule has 1 aromatic heterocycles. The Hall–Kier alpha value is -3.18. The number of aromatic nitrogens is 1. The van der Waals surface area contributed by atoms with Gasteiger partial charge in [0.05, 0.1) is 16.7 Å². The number of carbonyl (C=O) groups excluding carboxylic acids is 1. The highest BCUT2D eigenvalue weighted by atomic mass is 16.1. The number of nitrogens with one attached hydrogen (secondary N) is 3. The maximum atomic E-state index is 12.8. The molecule has 3 N–H and O–H groups in total. The van der Waals surface area contributed by atoms with E-state index in [0.717, 1.165) is 66.7 Å². The van der Waals surface area contributed by atoms with Crippen molar-refractivity contribution < 1.29 is 4.79 Å². The summed E-state index contributed by atoms with van der Waals surface area (Å²) in [6.45, 7) is 1.03. The summed E-state index contributed by atoms with van der Waals surface area (Å²) < 4.78 is 0. The van der Waals surface area contributed by atoms with Crippen LogP contribution in [-0.4, -0.2) is 17.4 Å². The minimum Gasteiger partial charge on any atom is -0.340 e. The first kappa shape index (κ1) is 18.6. The summed E-state index contributed by atoms with van der Waals surface area (Å²) >= 11 is 0. The predicted molar refractivity (Wildman–Crippen MR) is 125 cm³/mol. The van der Waals surface area contributed by atoms with Gasteiger partial charge in [-0.05, 0) is 48.6 Å². The minimum atomic E-state index is 0.110. The Labute approximate surface area is 182 Å². The summed E-state index contributed by atoms with van der Waals surface area (Å²) in [7, 11) is 0. The van der Waals surface area contributed by atoms with E-state index in [-0.39, 0.29) is 17.4 Å². The standard InChI is InChI=1S/C26H26N4O/c31-25(18-6-1-2-7-18)30-23-15-24(29-22-10-4-3-9-20(22)23)28-19-12-11-17-8-5-13-26(16-27-26)21(17)14-19/h3-5,8-12,14-15,18,27H,1-2,6-7,13,16H2,(H2,28,29,30,31). The zero-order chi connectivity index (χ0) is 20.8. The molecule has 1 unspecified atom stereocenters. The molecular formula is C26H26N4O. The van der Waals surface area contributed by atoms with Gasteiger partial charge in [-0.2, -0.15) is 0 Å². The summed E-state index contributed by atoms with van der Waals surface area (Å²) in [5, 5.41) is 11.2. The highest BCUT2D eigenvalue weighted by molar-refractivity contribution is 6.02. The van der Waals surface area contributed by atoms with Crippen LogP contribution in [0.15, 0.2) is 54.6 Å². The fourth-order valence-corrected chi connectivity index (χ4v) is 5.05. The van der Waals surface area contributed by atoms with Crippen molar-refractivity contribution >= 4 is 40.1 Å². The van der Waals surface area contributed by atoms with E-state index in [1.807, 2.05) is 30.3 Å². The third kappa shape index (κ3) is 3.39. The molecule has 2 fully saturated rings. The van der Waals surface area contributed by atoms with Crippen LogP contribution in [0.4, 0.5) is 17.2 Å². The Bertz CT molecular complexity index is 1210. The average molecular weight is 411 g/mol. The predicted octanol–water partition coefficient (Wildman–Crippen LogP) is 5.32. The lowest BCUT2D eigenvalue weighted by molar-refractivity contribution is -0.119. The fraction of sp³-hybridized carbons (Fsp3) is 0.308. The van der Waals surface area contributed by atoms with Gasteiger partial charge in [0.1, 0.15) is 5.82 Å². The summed E-state index contributed by atoms with van der Waals surface area (Å²) in [6.07, 6.45) is 9.75. The first-order chi connectivity index (χ1) is 15.2. The Kier molecular flexibility index (Phi) is 4.32. The molecule has 3 aromatic rings. The Morgan fingerprint density at radius 1 is 1.10 bits per heavy atom. The van der Waals surface area contributed by atoms with Crippen molar-refractivity contribution in [1.29, 1.82) is 0 Å². The van der Waals surface area contributed by atoms with E-state index in [2.05, 4.69) is 46.3 Å². The van der Waals surface area contributed by atoms with Gasteiger partial charge in [0, 0.05) is 29.6 Å². The van der Waals surface area contributed by atoms with Gasteiger partial charge in [0.15, 0.2) is 0 Å². The molecule has 31 heavy (non-hydrogen) atoms. The topological polar surface area (TPSA) is 76.0 Å². The van der Waals surface area contributed by atoms with E-state index in [1.165, 1.54) is 11.1 Å². The third-order valence-corrected chi connectivity index (χ3v) is 6.91. The SMILES string of the molecule is O=C(Nc1cc(Nc2ccc3c(c2)C2(CC=C3)CN2)nc2ccccc12)C1CCCC1. The van der Waals surface area contributed by atoms with E-state index < -0.39 is 0 Å². The Morgan fingerprint density at radius 2 is 1.94 bits per heavy atom. The summed E-state index contributed by atoms with van der Waals surface area (Å²) in [5.74, 6) is 0.992. The number of rotatable bonds is 4. The normalized spacial score (nSPS) is 21.9. The van der Waals surface area contributed by atoms with Crippen molar-refractivity contribution in [2.75, 3.05) is 17.2 Å². The fourth-order valence-electron chi connectivity index (χ4n) is 5.05. The molecule has 2 aliphatic carbocycles. The van der Waals surface area contributed by atoms with Gasteiger partial charge in [0.25, 0.3) is 0 Å². The van der Waals surface area contributed by atoms with Crippen LogP contribution < -0.4 is 16.0 Å². The largest absolute Gasteiger partial charge is 0.340 e. The smallest absolute Gasteiger partial charge is 0.227 e. The molecule has 0 radical (unpaired) electrons. The van der Waals surface area contributed by atoms with Gasteiger partial charge in [-0.3, -0.25) is 4.79 Å². The van der Waals surface area contributed by atoms with E-state index >= 15 is 0 Å². The van der Waals surface area contributed by atoms with Crippen LogP contribution in [0, 0.1) is 5.92 Å². The number of anilines is 3. The van der Waals surface area contributed by atoms with Crippen LogP contribution in [0.3, 0.4) is 0 Å². The second-order valence-corrected chi connectivity index (χ2v) is 9.01. The molecule has 1 amide bonds. The van der Waals surface area contributed by atoms with E-state index in [4.69, 9.17) is 4.98 Å². The Balaban J connectivity index is 1.33. The summed E-state index contributed by atoms with van der Waals surface area (Å²) in [6, 6.07) is 16.4. The zero-order valence-corrected chi connectivity index (χ0v) is 17.4. The van der Waals surface area contributed by atoms with Crippen molar-refractivity contribution in [2.45, 2.75) is 37.6 Å². The van der Waals surface area contributed by atoms with Gasteiger partial charge in [-0.15, -0.1) is 0 Å². The lowest BCUT2D eigenvalue weighted by Gasteiger charge is -2.21. The minimum absolute atomic E-state index is 0.110.